The number of nitrogens with one attached hydrogen (secondary N) is 1. The summed E-state index contributed by atoms with van der Waals surface area (Å²) in [5.74, 6) is -0.112. The van der Waals surface area contributed by atoms with E-state index in [0.717, 1.165) is 49.1 Å². The van der Waals surface area contributed by atoms with E-state index in [2.05, 4.69) is 46.9 Å². The maximum absolute atomic E-state index is 13.8. The zero-order valence-electron chi connectivity index (χ0n) is 12.8. The molecule has 1 rings (SSSR count). The van der Waals surface area contributed by atoms with E-state index in [1.807, 2.05) is 6.07 Å². The van der Waals surface area contributed by atoms with Crippen molar-refractivity contribution < 1.29 is 4.39 Å². The third kappa shape index (κ3) is 5.90. The SMILES string of the molecule is CCNC(CCN(CC)CC)Cc1cc(Br)ccc1F. The van der Waals surface area contributed by atoms with E-state index in [0.29, 0.717) is 6.04 Å². The lowest BCUT2D eigenvalue weighted by Crippen LogP contribution is -2.36. The van der Waals surface area contributed by atoms with Gasteiger partial charge in [-0.15, -0.1) is 0 Å². The van der Waals surface area contributed by atoms with Crippen LogP contribution >= 0.6 is 15.9 Å². The third-order valence-corrected chi connectivity index (χ3v) is 4.15. The molecule has 0 heterocycles. The van der Waals surface area contributed by atoms with Gasteiger partial charge in [-0.2, -0.15) is 0 Å². The number of likely N-dealkylation sites (N-methyl/N-ethyl adjacent to an activating group) is 1. The first-order valence-corrected chi connectivity index (χ1v) is 8.29. The highest BCUT2D eigenvalue weighted by Crippen LogP contribution is 2.18. The number of benzene rings is 1. The molecule has 1 atom stereocenters. The molecule has 0 aliphatic carbocycles. The minimum Gasteiger partial charge on any atom is -0.314 e. The summed E-state index contributed by atoms with van der Waals surface area (Å²) in [6.07, 6.45) is 1.78. The molecule has 0 saturated carbocycles. The van der Waals surface area contributed by atoms with Crippen LogP contribution in [0.25, 0.3) is 0 Å². The highest BCUT2D eigenvalue weighted by molar-refractivity contribution is 9.10. The first-order valence-electron chi connectivity index (χ1n) is 7.50. The van der Waals surface area contributed by atoms with Crippen LogP contribution in [-0.2, 0) is 6.42 Å². The molecule has 0 amide bonds. The fourth-order valence-corrected chi connectivity index (χ4v) is 2.82. The maximum atomic E-state index is 13.8. The van der Waals surface area contributed by atoms with Crippen LogP contribution in [0.4, 0.5) is 4.39 Å². The molecule has 0 aromatic heterocycles. The molecule has 4 heteroatoms. The second-order valence-corrected chi connectivity index (χ2v) is 5.93. The highest BCUT2D eigenvalue weighted by Gasteiger charge is 2.13. The molecule has 0 saturated heterocycles. The van der Waals surface area contributed by atoms with Crippen LogP contribution in [0.15, 0.2) is 22.7 Å². The first kappa shape index (κ1) is 17.6. The molecule has 2 nitrogen and oxygen atoms in total. The molecule has 0 aliphatic heterocycles. The van der Waals surface area contributed by atoms with Crippen molar-refractivity contribution in [3.05, 3.63) is 34.1 Å². The molecule has 0 radical (unpaired) electrons. The number of halogens is 2. The lowest BCUT2D eigenvalue weighted by molar-refractivity contribution is 0.280. The smallest absolute Gasteiger partial charge is 0.126 e. The summed E-state index contributed by atoms with van der Waals surface area (Å²) in [7, 11) is 0. The Morgan fingerprint density at radius 2 is 1.95 bits per heavy atom. The first-order chi connectivity index (χ1) is 9.60. The van der Waals surface area contributed by atoms with Crippen molar-refractivity contribution in [1.29, 1.82) is 0 Å². The van der Waals surface area contributed by atoms with Crippen LogP contribution in [0.1, 0.15) is 32.8 Å². The van der Waals surface area contributed by atoms with Crippen LogP contribution in [0.3, 0.4) is 0 Å². The second-order valence-electron chi connectivity index (χ2n) is 5.01. The van der Waals surface area contributed by atoms with E-state index >= 15 is 0 Å². The monoisotopic (exact) mass is 344 g/mol. The van der Waals surface area contributed by atoms with Crippen LogP contribution in [0, 0.1) is 5.82 Å². The number of nitrogens with zero attached hydrogens (tertiary/aromatic N) is 1. The Hall–Kier alpha value is -0.450. The molecule has 20 heavy (non-hydrogen) atoms. The lowest BCUT2D eigenvalue weighted by atomic mass is 10.0. The summed E-state index contributed by atoms with van der Waals surface area (Å²) in [6.45, 7) is 10.6. The van der Waals surface area contributed by atoms with Crippen molar-refractivity contribution in [2.75, 3.05) is 26.2 Å². The quantitative estimate of drug-likeness (QED) is 0.732. The summed E-state index contributed by atoms with van der Waals surface area (Å²) in [5, 5.41) is 3.47. The standard InChI is InChI=1S/C16H26BrFN2/c1-4-19-15(9-10-20(5-2)6-3)12-13-11-14(17)7-8-16(13)18/h7-8,11,15,19H,4-6,9-10,12H2,1-3H3. The number of hydrogen-bond acceptors (Lipinski definition) is 2. The minimum absolute atomic E-state index is 0.112. The van der Waals surface area contributed by atoms with Gasteiger partial charge in [0, 0.05) is 10.5 Å². The molecule has 0 spiro atoms. The molecule has 114 valence electrons. The zero-order valence-corrected chi connectivity index (χ0v) is 14.3. The average Bonchev–Trinajstić information content (AvgIpc) is 2.44. The minimum atomic E-state index is -0.112. The van der Waals surface area contributed by atoms with Gasteiger partial charge in [0.15, 0.2) is 0 Å². The number of rotatable bonds is 9. The van der Waals surface area contributed by atoms with E-state index in [1.54, 1.807) is 6.07 Å². The van der Waals surface area contributed by atoms with E-state index in [1.165, 1.54) is 6.07 Å². The van der Waals surface area contributed by atoms with Gasteiger partial charge in [0.05, 0.1) is 0 Å². The van der Waals surface area contributed by atoms with Gasteiger partial charge in [-0.3, -0.25) is 0 Å². The van der Waals surface area contributed by atoms with Crippen molar-refractivity contribution >= 4 is 15.9 Å². The van der Waals surface area contributed by atoms with Crippen LogP contribution in [-0.4, -0.2) is 37.1 Å². The average molecular weight is 345 g/mol. The molecule has 1 unspecified atom stereocenters. The van der Waals surface area contributed by atoms with Crippen molar-refractivity contribution in [2.24, 2.45) is 0 Å². The van der Waals surface area contributed by atoms with Crippen molar-refractivity contribution in [3.8, 4) is 0 Å². The Bertz CT molecular complexity index is 394. The predicted molar refractivity (Wildman–Crippen MR) is 87.7 cm³/mol. The Kier molecular flexibility index (Phi) is 8.34. The summed E-state index contributed by atoms with van der Waals surface area (Å²) >= 11 is 3.41. The zero-order chi connectivity index (χ0) is 15.0. The van der Waals surface area contributed by atoms with E-state index in [9.17, 15) is 4.39 Å². The molecule has 0 bridgehead atoms. The van der Waals surface area contributed by atoms with Crippen LogP contribution in [0.5, 0.6) is 0 Å². The van der Waals surface area contributed by atoms with Crippen molar-refractivity contribution in [2.45, 2.75) is 39.7 Å². The van der Waals surface area contributed by atoms with Gasteiger partial charge < -0.3 is 10.2 Å². The molecular formula is C16H26BrFN2. The third-order valence-electron chi connectivity index (χ3n) is 3.66. The van der Waals surface area contributed by atoms with Crippen LogP contribution in [0.2, 0.25) is 0 Å². The summed E-state index contributed by atoms with van der Waals surface area (Å²) in [4.78, 5) is 2.40. The van der Waals surface area contributed by atoms with Gasteiger partial charge in [0.1, 0.15) is 5.82 Å². The van der Waals surface area contributed by atoms with Gasteiger partial charge in [-0.25, -0.2) is 4.39 Å². The molecule has 1 aromatic rings. The van der Waals surface area contributed by atoms with Crippen molar-refractivity contribution in [3.63, 3.8) is 0 Å². The Balaban J connectivity index is 2.64. The van der Waals surface area contributed by atoms with E-state index < -0.39 is 0 Å². The Morgan fingerprint density at radius 3 is 2.55 bits per heavy atom. The fourth-order valence-electron chi connectivity index (χ4n) is 2.41. The van der Waals surface area contributed by atoms with Crippen molar-refractivity contribution in [1.82, 2.24) is 10.2 Å². The molecule has 1 N–H and O–H groups in total. The lowest BCUT2D eigenvalue weighted by Gasteiger charge is -2.23. The van der Waals surface area contributed by atoms with Crippen LogP contribution < -0.4 is 5.32 Å². The molecular weight excluding hydrogens is 319 g/mol. The van der Waals surface area contributed by atoms with Gasteiger partial charge >= 0.3 is 0 Å². The number of hydrogen-bond donors (Lipinski definition) is 1. The van der Waals surface area contributed by atoms with E-state index in [4.69, 9.17) is 0 Å². The Morgan fingerprint density at radius 1 is 1.25 bits per heavy atom. The normalized spacial score (nSPS) is 12.9. The Labute approximate surface area is 130 Å². The highest BCUT2D eigenvalue weighted by atomic mass is 79.9. The largest absolute Gasteiger partial charge is 0.314 e. The molecule has 0 fully saturated rings. The topological polar surface area (TPSA) is 15.3 Å². The molecule has 1 aromatic carbocycles. The fraction of sp³-hybridized carbons (Fsp3) is 0.625. The van der Waals surface area contributed by atoms with E-state index in [-0.39, 0.29) is 5.82 Å². The maximum Gasteiger partial charge on any atom is 0.126 e. The van der Waals surface area contributed by atoms with Gasteiger partial charge in [0.2, 0.25) is 0 Å². The van der Waals surface area contributed by atoms with Gasteiger partial charge in [-0.05, 0) is 62.8 Å². The summed E-state index contributed by atoms with van der Waals surface area (Å²) < 4.78 is 14.8. The molecule has 0 aliphatic rings. The predicted octanol–water partition coefficient (Wildman–Crippen LogP) is 3.84. The second kappa shape index (κ2) is 9.48. The van der Waals surface area contributed by atoms with Gasteiger partial charge in [0.25, 0.3) is 0 Å². The summed E-state index contributed by atoms with van der Waals surface area (Å²) in [5.41, 5.74) is 0.782. The van der Waals surface area contributed by atoms with Gasteiger partial charge in [-0.1, -0.05) is 36.7 Å². The summed E-state index contributed by atoms with van der Waals surface area (Å²) in [6, 6.07) is 5.49.